The van der Waals surface area contributed by atoms with E-state index < -0.39 is 25.9 Å². The van der Waals surface area contributed by atoms with Gasteiger partial charge < -0.3 is 48.9 Å². The Hall–Kier alpha value is -4.58. The van der Waals surface area contributed by atoms with Gasteiger partial charge in [-0.2, -0.15) is 0 Å². The van der Waals surface area contributed by atoms with Crippen LogP contribution in [-0.2, 0) is 62.9 Å². The molecule has 2 amide bonds. The van der Waals surface area contributed by atoms with E-state index in [2.05, 4.69) is 25.2 Å². The molecule has 23 heteroatoms. The van der Waals surface area contributed by atoms with Crippen LogP contribution in [0.15, 0.2) is 107 Å². The zero-order valence-electron chi connectivity index (χ0n) is 45.2. The molecule has 5 aromatic carbocycles. The Labute approximate surface area is 489 Å². The summed E-state index contributed by atoms with van der Waals surface area (Å²) in [4.78, 5) is 29.5. The van der Waals surface area contributed by atoms with Crippen LogP contribution in [0.3, 0.4) is 0 Å². The van der Waals surface area contributed by atoms with E-state index in [1.165, 1.54) is 12.1 Å². The number of nitrogens with one attached hydrogen (secondary N) is 3. The van der Waals surface area contributed by atoms with Gasteiger partial charge in [-0.3, -0.25) is 4.79 Å². The maximum atomic E-state index is 13.0. The highest BCUT2D eigenvalue weighted by atomic mass is 35.5. The Balaban J connectivity index is 0.666. The molecule has 0 heterocycles. The fourth-order valence-corrected chi connectivity index (χ4v) is 12.9. The van der Waals surface area contributed by atoms with Crippen LogP contribution in [0.5, 0.6) is 11.5 Å². The number of amides is 2. The molecule has 0 aromatic heterocycles. The van der Waals surface area contributed by atoms with Crippen LogP contribution < -0.4 is 24.8 Å². The monoisotopic (exact) mass is 1220 g/mol. The smallest absolute Gasteiger partial charge is 0.319 e. The van der Waals surface area contributed by atoms with E-state index >= 15 is 0 Å². The quantitative estimate of drug-likeness (QED) is 0.0344. The second-order valence-electron chi connectivity index (χ2n) is 19.8. The van der Waals surface area contributed by atoms with Crippen molar-refractivity contribution in [1.82, 2.24) is 19.8 Å². The van der Waals surface area contributed by atoms with Gasteiger partial charge in [0.05, 0.1) is 67.3 Å². The number of ether oxygens (including phenoxy) is 6. The van der Waals surface area contributed by atoms with E-state index in [9.17, 15) is 26.4 Å². The van der Waals surface area contributed by atoms with Crippen molar-refractivity contribution in [2.75, 3.05) is 105 Å². The first kappa shape index (κ1) is 63.0. The van der Waals surface area contributed by atoms with Gasteiger partial charge in [-0.15, -0.1) is 0 Å². The van der Waals surface area contributed by atoms with E-state index in [0.717, 1.165) is 27.8 Å². The number of hydrogen-bond acceptors (Lipinski definition) is 14. The fraction of sp³-hybridized carbons (Fsp3) is 0.439. The normalized spacial score (nSPS) is 16.9. The highest BCUT2D eigenvalue weighted by Crippen LogP contribution is 2.44. The fourth-order valence-electron chi connectivity index (χ4n) is 9.39. The number of benzene rings is 5. The topological polar surface area (TPSA) is 200 Å². The number of hydrogen-bond donors (Lipinski definition) is 3. The van der Waals surface area contributed by atoms with Crippen LogP contribution in [0, 0.1) is 0 Å². The second kappa shape index (κ2) is 30.1. The van der Waals surface area contributed by atoms with Crippen LogP contribution >= 0.6 is 46.4 Å². The first-order valence-corrected chi connectivity index (χ1v) is 30.9. The number of carbonyl (C=O) groups excluding carboxylic acids is 2. The van der Waals surface area contributed by atoms with Crippen LogP contribution in [0.2, 0.25) is 20.1 Å². The Morgan fingerprint density at radius 1 is 0.575 bits per heavy atom. The van der Waals surface area contributed by atoms with Crippen molar-refractivity contribution in [3.05, 3.63) is 145 Å². The molecule has 0 saturated heterocycles. The van der Waals surface area contributed by atoms with Gasteiger partial charge in [0.2, 0.25) is 10.0 Å². The van der Waals surface area contributed by atoms with Gasteiger partial charge in [-0.05, 0) is 155 Å². The van der Waals surface area contributed by atoms with Gasteiger partial charge in [0.25, 0.3) is 0 Å². The summed E-state index contributed by atoms with van der Waals surface area (Å²) in [6, 6.07) is 26.5. The maximum absolute atomic E-state index is 13.0. The second-order valence-corrected chi connectivity index (χ2v) is 25.4. The van der Waals surface area contributed by atoms with E-state index in [1.54, 1.807) is 72.8 Å². The number of nitrogens with zero attached hydrogens (tertiary/aromatic N) is 2. The molecule has 17 nitrogen and oxygen atoms in total. The molecule has 0 bridgehead atoms. The van der Waals surface area contributed by atoms with Crippen molar-refractivity contribution < 1.29 is 54.8 Å². The van der Waals surface area contributed by atoms with E-state index in [1.807, 2.05) is 40.3 Å². The summed E-state index contributed by atoms with van der Waals surface area (Å²) < 4.78 is 89.5. The Morgan fingerprint density at radius 2 is 1.05 bits per heavy atom. The number of Topliss-reactive ketones (excluding diaryl/α,β-unsaturated/α-hetero) is 1. The third-order valence-electron chi connectivity index (χ3n) is 13.6. The molecule has 0 fully saturated rings. The van der Waals surface area contributed by atoms with Crippen LogP contribution in [0.1, 0.15) is 59.3 Å². The lowest BCUT2D eigenvalue weighted by Crippen LogP contribution is -2.34. The number of carbonyl (C=O) groups is 2. The van der Waals surface area contributed by atoms with Gasteiger partial charge >= 0.3 is 6.03 Å². The molecule has 80 heavy (non-hydrogen) atoms. The third-order valence-corrected chi connectivity index (χ3v) is 18.0. The number of likely N-dealkylation sites (N-methyl/N-ethyl adjacent to an activating group) is 2. The summed E-state index contributed by atoms with van der Waals surface area (Å²) in [7, 11) is 0.569. The van der Waals surface area contributed by atoms with E-state index in [4.69, 9.17) is 74.8 Å². The summed E-state index contributed by atoms with van der Waals surface area (Å²) in [6.07, 6.45) is 2.17. The zero-order chi connectivity index (χ0) is 57.4. The van der Waals surface area contributed by atoms with E-state index in [0.29, 0.717) is 82.6 Å². The molecule has 4 atom stereocenters. The lowest BCUT2D eigenvalue weighted by molar-refractivity contribution is -0.118. The number of ketones is 1. The first-order valence-electron chi connectivity index (χ1n) is 26.3. The molecule has 3 N–H and O–H groups in total. The summed E-state index contributed by atoms with van der Waals surface area (Å²) >= 11 is 25.6. The van der Waals surface area contributed by atoms with Crippen LogP contribution in [0.25, 0.3) is 0 Å². The molecule has 7 rings (SSSR count). The lowest BCUT2D eigenvalue weighted by atomic mass is 10.1. The highest BCUT2D eigenvalue weighted by molar-refractivity contribution is 7.91. The van der Waals surface area contributed by atoms with Crippen molar-refractivity contribution >= 4 is 83.8 Å². The largest absolute Gasteiger partial charge is 0.484 e. The molecule has 0 spiro atoms. The summed E-state index contributed by atoms with van der Waals surface area (Å²) in [5.74, 6) is 1.03. The standard InChI is InChI=1S/C57H69Cl4N5O12S2/c1-65(2)53-36-47-49(32-39(58)34-51(47)60)55(53)77-43-12-16-45(17-13-43)79(69,70)30-6-23-74-27-28-75-24-20-62-57(68)64-41-10-8-38(9-11-41)31-42(67)7-5-22-73-26-29-76-25-21-63-80(71,72)46-18-14-44(15-19-46)78-56-50-33-40(59)35-52(61)48(50)37-54(56)66(3)4/h8-19,32-35,53-56,63H,5-7,20-31,36-37H2,1-4H3,(H2,62,64,68)/t53-,54-,55-,56-/m0/s1. The Morgan fingerprint density at radius 3 is 1.56 bits per heavy atom. The summed E-state index contributed by atoms with van der Waals surface area (Å²) in [6.45, 7) is 2.43. The van der Waals surface area contributed by atoms with E-state index in [-0.39, 0.29) is 105 Å². The van der Waals surface area contributed by atoms with Gasteiger partial charge in [-0.1, -0.05) is 58.5 Å². The number of sulfonamides is 1. The third kappa shape index (κ3) is 18.2. The SMILES string of the molecule is CN(C)[C@H]1Cc2c(Cl)cc(Cl)cc2[C@@H]1Oc1ccc(S(=O)(=O)CCCOCCOCCNC(=O)Nc2ccc(CC(=O)CCCOCCOCCNS(=O)(=O)c3ccc(O[C@H]4c5cc(Cl)cc(Cl)c5C[C@@H]4N(C)C)cc3)cc2)cc1. The zero-order valence-corrected chi connectivity index (χ0v) is 49.8. The molecular formula is C57H69Cl4N5O12S2. The predicted molar refractivity (Wildman–Crippen MR) is 311 cm³/mol. The number of sulfone groups is 1. The predicted octanol–water partition coefficient (Wildman–Crippen LogP) is 9.44. The van der Waals surface area contributed by atoms with Crippen molar-refractivity contribution in [2.24, 2.45) is 0 Å². The number of anilines is 1. The first-order chi connectivity index (χ1) is 38.3. The molecule has 0 unspecified atom stereocenters. The minimum absolute atomic E-state index is 0.0190. The molecule has 0 radical (unpaired) electrons. The number of rotatable bonds is 32. The molecule has 2 aliphatic rings. The lowest BCUT2D eigenvalue weighted by Gasteiger charge is -2.27. The maximum Gasteiger partial charge on any atom is 0.319 e. The van der Waals surface area contributed by atoms with Gasteiger partial charge in [0.15, 0.2) is 9.84 Å². The Kier molecular flexibility index (Phi) is 23.7. The minimum Gasteiger partial charge on any atom is -0.484 e. The average molecular weight is 1220 g/mol. The molecular weight excluding hydrogens is 1150 g/mol. The minimum atomic E-state index is -3.79. The van der Waals surface area contributed by atoms with Crippen molar-refractivity contribution in [2.45, 2.75) is 72.6 Å². The number of urea groups is 1. The number of fused-ring (bicyclic) bond motifs is 2. The highest BCUT2D eigenvalue weighted by Gasteiger charge is 2.39. The molecule has 0 saturated carbocycles. The van der Waals surface area contributed by atoms with Gasteiger partial charge in [-0.25, -0.2) is 26.4 Å². The molecule has 2 aliphatic carbocycles. The van der Waals surface area contributed by atoms with Crippen molar-refractivity contribution in [3.63, 3.8) is 0 Å². The van der Waals surface area contributed by atoms with Gasteiger partial charge in [0, 0.05) is 76.0 Å². The number of halogens is 4. The van der Waals surface area contributed by atoms with Crippen LogP contribution in [0.4, 0.5) is 10.5 Å². The molecule has 5 aromatic rings. The van der Waals surface area contributed by atoms with Gasteiger partial charge in [0.1, 0.15) is 29.5 Å². The summed E-state index contributed by atoms with van der Waals surface area (Å²) in [5, 5.41) is 7.73. The average Bonchev–Trinajstić information content (AvgIpc) is 4.13. The Bertz CT molecular complexity index is 2880. The van der Waals surface area contributed by atoms with Crippen molar-refractivity contribution in [1.29, 1.82) is 0 Å². The molecule has 0 aliphatic heterocycles. The summed E-state index contributed by atoms with van der Waals surface area (Å²) in [5.41, 5.74) is 5.21. The van der Waals surface area contributed by atoms with Crippen LogP contribution in [-0.4, -0.2) is 150 Å². The molecule has 434 valence electrons. The van der Waals surface area contributed by atoms with Crippen molar-refractivity contribution in [3.8, 4) is 11.5 Å².